The molecule has 0 saturated carbocycles. The van der Waals surface area contributed by atoms with Crippen molar-refractivity contribution in [2.24, 2.45) is 0 Å². The number of hydrogen-bond donors (Lipinski definition) is 2. The van der Waals surface area contributed by atoms with Gasteiger partial charge in [0.2, 0.25) is 0 Å². The normalized spacial score (nSPS) is 10.6. The van der Waals surface area contributed by atoms with Crippen molar-refractivity contribution in [1.82, 2.24) is 9.80 Å². The highest BCUT2D eigenvalue weighted by Crippen LogP contribution is 2.25. The first-order valence-corrected chi connectivity index (χ1v) is 11.7. The zero-order chi connectivity index (χ0) is 22.5. The topological polar surface area (TPSA) is 64.7 Å². The molecule has 1 aromatic carbocycles. The molecule has 3 rings (SSSR count). The lowest BCUT2D eigenvalue weighted by Gasteiger charge is -2.20. The highest BCUT2D eigenvalue weighted by molar-refractivity contribution is 7.16. The zero-order valence-electron chi connectivity index (χ0n) is 17.2. The Morgan fingerprint density at radius 1 is 0.839 bits per heavy atom. The molecule has 6 nitrogen and oxygen atoms in total. The summed E-state index contributed by atoms with van der Waals surface area (Å²) in [5.74, 6) is 0. The minimum Gasteiger partial charge on any atom is -0.322 e. The van der Waals surface area contributed by atoms with E-state index in [9.17, 15) is 9.59 Å². The number of aryl methyl sites for hydroxylation is 1. The monoisotopic (exact) mass is 496 g/mol. The Morgan fingerprint density at radius 3 is 1.84 bits per heavy atom. The SMILES string of the molecule is Cc1ccc(NC(=O)N(C)Cc2ccc(Cl)s2)cc1NC(=O)N(C)Cc1ccc(Cl)s1. The van der Waals surface area contributed by atoms with Crippen molar-refractivity contribution in [3.05, 3.63) is 66.5 Å². The number of nitrogens with zero attached hydrogens (tertiary/aromatic N) is 2. The number of halogens is 2. The second-order valence-corrected chi connectivity index (χ2v) is 10.6. The molecule has 31 heavy (non-hydrogen) atoms. The third kappa shape index (κ3) is 6.61. The molecule has 2 aromatic heterocycles. The molecule has 0 unspecified atom stereocenters. The fourth-order valence-corrected chi connectivity index (χ4v) is 5.03. The average Bonchev–Trinajstić information content (AvgIpc) is 3.31. The van der Waals surface area contributed by atoms with Gasteiger partial charge in [0.1, 0.15) is 0 Å². The molecule has 0 fully saturated rings. The average molecular weight is 497 g/mol. The van der Waals surface area contributed by atoms with Crippen LogP contribution in [0.1, 0.15) is 15.3 Å². The maximum atomic E-state index is 12.6. The zero-order valence-corrected chi connectivity index (χ0v) is 20.4. The van der Waals surface area contributed by atoms with Crippen molar-refractivity contribution in [2.75, 3.05) is 24.7 Å². The minimum atomic E-state index is -0.252. The largest absolute Gasteiger partial charge is 0.322 e. The van der Waals surface area contributed by atoms with Gasteiger partial charge < -0.3 is 20.4 Å². The molecule has 3 aromatic rings. The molecular weight excluding hydrogens is 475 g/mol. The van der Waals surface area contributed by atoms with Crippen LogP contribution in [0.3, 0.4) is 0 Å². The second-order valence-electron chi connectivity index (χ2n) is 7.01. The summed E-state index contributed by atoms with van der Waals surface area (Å²) in [6.07, 6.45) is 0. The fraction of sp³-hybridized carbons (Fsp3) is 0.238. The number of thiophene rings is 2. The van der Waals surface area contributed by atoms with Gasteiger partial charge in [0.25, 0.3) is 0 Å². The first kappa shape index (κ1) is 23.4. The van der Waals surface area contributed by atoms with E-state index < -0.39 is 0 Å². The molecule has 0 aliphatic heterocycles. The van der Waals surface area contributed by atoms with Crippen LogP contribution in [0.4, 0.5) is 21.0 Å². The summed E-state index contributed by atoms with van der Waals surface area (Å²) >= 11 is 14.8. The first-order chi connectivity index (χ1) is 14.7. The summed E-state index contributed by atoms with van der Waals surface area (Å²) < 4.78 is 1.38. The molecule has 0 saturated heterocycles. The standard InChI is InChI=1S/C21H22Cl2N4O2S2/c1-13-4-5-14(24-20(28)26(2)11-15-6-8-18(22)30-15)10-17(13)25-21(29)27(3)12-16-7-9-19(23)31-16/h4-10H,11-12H2,1-3H3,(H,24,28)(H,25,29). The van der Waals surface area contributed by atoms with Gasteiger partial charge in [-0.2, -0.15) is 0 Å². The maximum Gasteiger partial charge on any atom is 0.321 e. The number of benzene rings is 1. The van der Waals surface area contributed by atoms with Crippen LogP contribution in [0, 0.1) is 6.92 Å². The lowest BCUT2D eigenvalue weighted by Crippen LogP contribution is -2.31. The molecule has 0 atom stereocenters. The Morgan fingerprint density at radius 2 is 1.35 bits per heavy atom. The van der Waals surface area contributed by atoms with Crippen LogP contribution < -0.4 is 10.6 Å². The van der Waals surface area contributed by atoms with Gasteiger partial charge in [-0.25, -0.2) is 9.59 Å². The highest BCUT2D eigenvalue weighted by atomic mass is 35.5. The number of carbonyl (C=O) groups excluding carboxylic acids is 2. The van der Waals surface area contributed by atoms with Crippen molar-refractivity contribution in [1.29, 1.82) is 0 Å². The van der Waals surface area contributed by atoms with Gasteiger partial charge in [0.05, 0.1) is 21.8 Å². The number of amides is 4. The smallest absolute Gasteiger partial charge is 0.321 e. The fourth-order valence-electron chi connectivity index (χ4n) is 2.75. The lowest BCUT2D eigenvalue weighted by molar-refractivity contribution is 0.220. The number of nitrogens with one attached hydrogen (secondary N) is 2. The van der Waals surface area contributed by atoms with E-state index in [-0.39, 0.29) is 12.1 Å². The summed E-state index contributed by atoms with van der Waals surface area (Å²) in [5, 5.41) is 5.77. The van der Waals surface area contributed by atoms with Crippen molar-refractivity contribution >= 4 is 69.3 Å². The molecular formula is C21H22Cl2N4O2S2. The summed E-state index contributed by atoms with van der Waals surface area (Å²) in [6.45, 7) is 2.80. The molecule has 2 heterocycles. The third-order valence-electron chi connectivity index (χ3n) is 4.47. The summed E-state index contributed by atoms with van der Waals surface area (Å²) in [5.41, 5.74) is 2.11. The van der Waals surface area contributed by atoms with Crippen LogP contribution in [-0.2, 0) is 13.1 Å². The maximum absolute atomic E-state index is 12.6. The van der Waals surface area contributed by atoms with Crippen molar-refractivity contribution in [2.45, 2.75) is 20.0 Å². The summed E-state index contributed by atoms with van der Waals surface area (Å²) in [4.78, 5) is 30.3. The van der Waals surface area contributed by atoms with Crippen LogP contribution in [0.15, 0.2) is 42.5 Å². The van der Waals surface area contributed by atoms with Crippen LogP contribution >= 0.6 is 45.9 Å². The van der Waals surface area contributed by atoms with E-state index in [1.54, 1.807) is 36.0 Å². The van der Waals surface area contributed by atoms with Crippen LogP contribution in [0.25, 0.3) is 0 Å². The number of hydrogen-bond acceptors (Lipinski definition) is 4. The molecule has 2 N–H and O–H groups in total. The number of rotatable bonds is 6. The van der Waals surface area contributed by atoms with E-state index in [0.29, 0.717) is 33.1 Å². The summed E-state index contributed by atoms with van der Waals surface area (Å²) in [6, 6.07) is 12.3. The second kappa shape index (κ2) is 10.4. The van der Waals surface area contributed by atoms with Crippen molar-refractivity contribution < 1.29 is 9.59 Å². The Bertz CT molecular complexity index is 1080. The molecule has 0 bridgehead atoms. The van der Waals surface area contributed by atoms with E-state index >= 15 is 0 Å². The highest BCUT2D eigenvalue weighted by Gasteiger charge is 2.14. The lowest BCUT2D eigenvalue weighted by atomic mass is 10.2. The molecule has 0 radical (unpaired) electrons. The Labute approximate surface area is 199 Å². The quantitative estimate of drug-likeness (QED) is 0.396. The Kier molecular flexibility index (Phi) is 7.83. The predicted molar refractivity (Wildman–Crippen MR) is 131 cm³/mol. The van der Waals surface area contributed by atoms with Crippen molar-refractivity contribution in [3.8, 4) is 0 Å². The first-order valence-electron chi connectivity index (χ1n) is 9.34. The predicted octanol–water partition coefficient (Wildman–Crippen LogP) is 6.75. The van der Waals surface area contributed by atoms with Crippen LogP contribution in [0.5, 0.6) is 0 Å². The minimum absolute atomic E-state index is 0.247. The van der Waals surface area contributed by atoms with E-state index in [0.717, 1.165) is 15.3 Å². The van der Waals surface area contributed by atoms with E-state index in [1.165, 1.54) is 22.7 Å². The van der Waals surface area contributed by atoms with Gasteiger partial charge in [-0.1, -0.05) is 29.3 Å². The van der Waals surface area contributed by atoms with Gasteiger partial charge in [-0.3, -0.25) is 0 Å². The van der Waals surface area contributed by atoms with Crippen LogP contribution in [-0.4, -0.2) is 36.0 Å². The van der Waals surface area contributed by atoms with Gasteiger partial charge in [0.15, 0.2) is 0 Å². The molecule has 4 amide bonds. The summed E-state index contributed by atoms with van der Waals surface area (Å²) in [7, 11) is 3.43. The van der Waals surface area contributed by atoms with Crippen LogP contribution in [0.2, 0.25) is 8.67 Å². The molecule has 0 aliphatic rings. The Balaban J connectivity index is 1.61. The van der Waals surface area contributed by atoms with Gasteiger partial charge in [-0.15, -0.1) is 22.7 Å². The van der Waals surface area contributed by atoms with Crippen molar-refractivity contribution in [3.63, 3.8) is 0 Å². The van der Waals surface area contributed by atoms with E-state index in [1.807, 2.05) is 37.3 Å². The van der Waals surface area contributed by atoms with E-state index in [2.05, 4.69) is 10.6 Å². The number of urea groups is 2. The number of anilines is 2. The number of carbonyl (C=O) groups is 2. The molecule has 0 aliphatic carbocycles. The Hall–Kier alpha value is -2.26. The molecule has 0 spiro atoms. The van der Waals surface area contributed by atoms with Gasteiger partial charge >= 0.3 is 12.1 Å². The third-order valence-corrected chi connectivity index (χ3v) is 6.90. The molecule has 164 valence electrons. The van der Waals surface area contributed by atoms with E-state index in [4.69, 9.17) is 23.2 Å². The van der Waals surface area contributed by atoms with Gasteiger partial charge in [0, 0.05) is 35.2 Å². The van der Waals surface area contributed by atoms with Gasteiger partial charge in [-0.05, 0) is 48.9 Å². The molecule has 10 heteroatoms.